The lowest BCUT2D eigenvalue weighted by molar-refractivity contribution is 0.0671. The summed E-state index contributed by atoms with van der Waals surface area (Å²) in [4.78, 5) is 0. The zero-order valence-electron chi connectivity index (χ0n) is 10.9. The van der Waals surface area contributed by atoms with Gasteiger partial charge >= 0.3 is 0 Å². The second-order valence-corrected chi connectivity index (χ2v) is 4.90. The van der Waals surface area contributed by atoms with Crippen LogP contribution in [0.25, 0.3) is 0 Å². The first-order chi connectivity index (χ1) is 8.29. The normalized spacial score (nSPS) is 22.4. The molecule has 0 saturated carbocycles. The first kappa shape index (κ1) is 12.6. The number of aryl methyl sites for hydroxylation is 1. The summed E-state index contributed by atoms with van der Waals surface area (Å²) >= 11 is 0. The highest BCUT2D eigenvalue weighted by molar-refractivity contribution is 5.24. The molecule has 2 rings (SSSR count). The topological polar surface area (TPSA) is 21.3 Å². The van der Waals surface area contributed by atoms with Gasteiger partial charge < -0.3 is 10.1 Å². The van der Waals surface area contributed by atoms with Crippen LogP contribution in [0.2, 0.25) is 0 Å². The highest BCUT2D eigenvalue weighted by Crippen LogP contribution is 2.16. The predicted octanol–water partition coefficient (Wildman–Crippen LogP) is 3.08. The minimum atomic E-state index is 0.410. The molecule has 2 atom stereocenters. The van der Waals surface area contributed by atoms with E-state index in [0.717, 1.165) is 19.6 Å². The van der Waals surface area contributed by atoms with E-state index in [0.29, 0.717) is 12.1 Å². The van der Waals surface area contributed by atoms with Gasteiger partial charge in [-0.15, -0.1) is 0 Å². The number of nitrogens with one attached hydrogen (secondary N) is 1. The van der Waals surface area contributed by atoms with Gasteiger partial charge in [0.2, 0.25) is 0 Å². The predicted molar refractivity (Wildman–Crippen MR) is 71.2 cm³/mol. The Bertz CT molecular complexity index is 327. The van der Waals surface area contributed by atoms with Gasteiger partial charge in [-0.1, -0.05) is 31.2 Å². The number of hydrogen-bond acceptors (Lipinski definition) is 2. The van der Waals surface area contributed by atoms with Crippen molar-refractivity contribution in [2.75, 3.05) is 13.2 Å². The quantitative estimate of drug-likeness (QED) is 0.863. The van der Waals surface area contributed by atoms with Crippen LogP contribution in [0, 0.1) is 0 Å². The molecule has 0 amide bonds. The third kappa shape index (κ3) is 3.55. The third-order valence-electron chi connectivity index (χ3n) is 3.53. The molecule has 0 bridgehead atoms. The second kappa shape index (κ2) is 6.18. The fourth-order valence-electron chi connectivity index (χ4n) is 2.36. The molecular weight excluding hydrogens is 210 g/mol. The molecule has 1 fully saturated rings. The van der Waals surface area contributed by atoms with Crippen LogP contribution in [0.4, 0.5) is 0 Å². The molecule has 1 N–H and O–H groups in total. The molecule has 1 aliphatic heterocycles. The lowest BCUT2D eigenvalue weighted by Gasteiger charge is -2.27. The lowest BCUT2D eigenvalue weighted by atomic mass is 10.0. The zero-order chi connectivity index (χ0) is 12.1. The molecule has 1 aliphatic rings. The average Bonchev–Trinajstić information content (AvgIpc) is 2.40. The number of rotatable bonds is 4. The molecule has 1 aromatic rings. The summed E-state index contributed by atoms with van der Waals surface area (Å²) in [5, 5.41) is 3.65. The summed E-state index contributed by atoms with van der Waals surface area (Å²) in [6, 6.07) is 9.85. The van der Waals surface area contributed by atoms with Crippen molar-refractivity contribution in [1.29, 1.82) is 0 Å². The van der Waals surface area contributed by atoms with E-state index in [-0.39, 0.29) is 0 Å². The van der Waals surface area contributed by atoms with Crippen molar-refractivity contribution < 1.29 is 4.74 Å². The van der Waals surface area contributed by atoms with E-state index in [2.05, 4.69) is 43.4 Å². The molecule has 2 heteroatoms. The Morgan fingerprint density at radius 3 is 2.71 bits per heavy atom. The van der Waals surface area contributed by atoms with Crippen molar-refractivity contribution in [3.63, 3.8) is 0 Å². The van der Waals surface area contributed by atoms with Gasteiger partial charge in [0, 0.05) is 18.7 Å². The number of ether oxygens (including phenoxy) is 1. The molecule has 1 saturated heterocycles. The molecule has 94 valence electrons. The van der Waals surface area contributed by atoms with Crippen LogP contribution in [0.15, 0.2) is 24.3 Å². The van der Waals surface area contributed by atoms with E-state index in [9.17, 15) is 0 Å². The second-order valence-electron chi connectivity index (χ2n) is 4.90. The summed E-state index contributed by atoms with van der Waals surface area (Å²) in [5.41, 5.74) is 2.77. The lowest BCUT2D eigenvalue weighted by Crippen LogP contribution is -2.38. The Kier molecular flexibility index (Phi) is 4.57. The maximum Gasteiger partial charge on any atom is 0.0619 e. The molecule has 17 heavy (non-hydrogen) atoms. The summed E-state index contributed by atoms with van der Waals surface area (Å²) in [6.45, 7) is 6.21. The van der Waals surface area contributed by atoms with Crippen molar-refractivity contribution in [1.82, 2.24) is 5.32 Å². The molecular formula is C15H23NO. The van der Waals surface area contributed by atoms with Gasteiger partial charge in [-0.25, -0.2) is 0 Å². The Morgan fingerprint density at radius 1 is 1.35 bits per heavy atom. The van der Waals surface area contributed by atoms with E-state index >= 15 is 0 Å². The van der Waals surface area contributed by atoms with Crippen LogP contribution in [-0.4, -0.2) is 19.3 Å². The van der Waals surface area contributed by atoms with E-state index in [1.54, 1.807) is 0 Å². The molecule has 0 unspecified atom stereocenters. The van der Waals surface area contributed by atoms with Gasteiger partial charge in [0.15, 0.2) is 0 Å². The molecule has 0 spiro atoms. The largest absolute Gasteiger partial charge is 0.380 e. The molecule has 0 aliphatic carbocycles. The van der Waals surface area contributed by atoms with Crippen molar-refractivity contribution in [3.8, 4) is 0 Å². The first-order valence-corrected chi connectivity index (χ1v) is 6.72. The van der Waals surface area contributed by atoms with Gasteiger partial charge in [-0.3, -0.25) is 0 Å². The van der Waals surface area contributed by atoms with E-state index in [1.807, 2.05) is 0 Å². The van der Waals surface area contributed by atoms with Crippen LogP contribution >= 0.6 is 0 Å². The van der Waals surface area contributed by atoms with E-state index in [4.69, 9.17) is 4.74 Å². The fourth-order valence-corrected chi connectivity index (χ4v) is 2.36. The van der Waals surface area contributed by atoms with E-state index in [1.165, 1.54) is 24.0 Å². The van der Waals surface area contributed by atoms with Crippen LogP contribution in [-0.2, 0) is 11.2 Å². The summed E-state index contributed by atoms with van der Waals surface area (Å²) in [5.74, 6) is 0. The van der Waals surface area contributed by atoms with E-state index < -0.39 is 0 Å². The maximum absolute atomic E-state index is 5.49. The van der Waals surface area contributed by atoms with Crippen LogP contribution in [0.5, 0.6) is 0 Å². The van der Waals surface area contributed by atoms with Gasteiger partial charge in [0.1, 0.15) is 0 Å². The third-order valence-corrected chi connectivity index (χ3v) is 3.53. The van der Waals surface area contributed by atoms with Crippen molar-refractivity contribution in [3.05, 3.63) is 35.4 Å². The van der Waals surface area contributed by atoms with Gasteiger partial charge in [-0.2, -0.15) is 0 Å². The smallest absolute Gasteiger partial charge is 0.0619 e. The van der Waals surface area contributed by atoms with Crippen LogP contribution in [0.1, 0.15) is 43.9 Å². The van der Waals surface area contributed by atoms with Crippen LogP contribution < -0.4 is 5.32 Å². The fraction of sp³-hybridized carbons (Fsp3) is 0.600. The highest BCUT2D eigenvalue weighted by atomic mass is 16.5. The van der Waals surface area contributed by atoms with Gasteiger partial charge in [0.25, 0.3) is 0 Å². The Hall–Kier alpha value is -0.860. The molecule has 0 radical (unpaired) electrons. The Labute approximate surface area is 104 Å². The number of hydrogen-bond donors (Lipinski definition) is 1. The Morgan fingerprint density at radius 2 is 2.12 bits per heavy atom. The van der Waals surface area contributed by atoms with Gasteiger partial charge in [0.05, 0.1) is 6.61 Å². The maximum atomic E-state index is 5.49. The minimum absolute atomic E-state index is 0.410. The Balaban J connectivity index is 1.91. The van der Waals surface area contributed by atoms with Crippen molar-refractivity contribution >= 4 is 0 Å². The molecule has 2 nitrogen and oxygen atoms in total. The molecule has 1 heterocycles. The number of benzene rings is 1. The summed E-state index contributed by atoms with van der Waals surface area (Å²) < 4.78 is 5.49. The summed E-state index contributed by atoms with van der Waals surface area (Å²) in [7, 11) is 0. The average molecular weight is 233 g/mol. The van der Waals surface area contributed by atoms with Crippen molar-refractivity contribution in [2.24, 2.45) is 0 Å². The monoisotopic (exact) mass is 233 g/mol. The highest BCUT2D eigenvalue weighted by Gasteiger charge is 2.16. The SMILES string of the molecule is CCc1ccc([C@@H](C)N[C@H]2CCCOC2)cc1. The molecule has 0 aromatic heterocycles. The first-order valence-electron chi connectivity index (χ1n) is 6.72. The standard InChI is InChI=1S/C15H23NO/c1-3-13-6-8-14(9-7-13)12(2)16-15-5-4-10-17-11-15/h6-9,12,15-16H,3-5,10-11H2,1-2H3/t12-,15+/m1/s1. The van der Waals surface area contributed by atoms with Gasteiger partial charge in [-0.05, 0) is 37.3 Å². The van der Waals surface area contributed by atoms with Crippen LogP contribution in [0.3, 0.4) is 0 Å². The zero-order valence-corrected chi connectivity index (χ0v) is 10.9. The minimum Gasteiger partial charge on any atom is -0.380 e. The summed E-state index contributed by atoms with van der Waals surface area (Å²) in [6.07, 6.45) is 3.52. The molecule has 1 aromatic carbocycles. The van der Waals surface area contributed by atoms with Crippen molar-refractivity contribution in [2.45, 2.75) is 45.2 Å².